The zero-order valence-electron chi connectivity index (χ0n) is 64.4. The van der Waals surface area contributed by atoms with Crippen LogP contribution < -0.4 is 42.5 Å². The third kappa shape index (κ3) is 55.9. The van der Waals surface area contributed by atoms with Crippen LogP contribution in [0.1, 0.15) is 160 Å². The Morgan fingerprint density at radius 2 is 0.699 bits per heavy atom. The van der Waals surface area contributed by atoms with Gasteiger partial charge in [-0.1, -0.05) is 111 Å². The summed E-state index contributed by atoms with van der Waals surface area (Å²) < 4.78 is 42.9. The number of carboxylic acids is 5. The zero-order valence-corrected chi connectivity index (χ0v) is 66.0. The number of ketones is 2. The van der Waals surface area contributed by atoms with Crippen molar-refractivity contribution in [3.8, 4) is 5.75 Å². The number of Topliss-reactive ketones (excluding diaryl/α,β-unsaturated/α-hetero) is 2. The van der Waals surface area contributed by atoms with Gasteiger partial charge in [0.1, 0.15) is 56.1 Å². The molecule has 1 aliphatic rings. The van der Waals surface area contributed by atoms with E-state index in [1.807, 2.05) is 0 Å². The van der Waals surface area contributed by atoms with Crippen LogP contribution in [0, 0.1) is 11.8 Å². The van der Waals surface area contributed by atoms with Crippen LogP contribution in [-0.2, 0) is 116 Å². The first-order valence-electron chi connectivity index (χ1n) is 38.4. The van der Waals surface area contributed by atoms with Gasteiger partial charge in [0, 0.05) is 88.5 Å². The van der Waals surface area contributed by atoms with Crippen LogP contribution in [0.2, 0.25) is 0 Å². The van der Waals surface area contributed by atoms with E-state index >= 15 is 0 Å². The first-order chi connectivity index (χ1) is 54.3. The van der Waals surface area contributed by atoms with E-state index in [-0.39, 0.29) is 200 Å². The van der Waals surface area contributed by atoms with E-state index in [2.05, 4.69) is 42.5 Å². The molecule has 1 aromatic rings. The second-order valence-electron chi connectivity index (χ2n) is 26.5. The highest BCUT2D eigenvalue weighted by molar-refractivity contribution is 8.76. The summed E-state index contributed by atoms with van der Waals surface area (Å²) in [5, 5.41) is 76.8. The molecular formula is C74H118N8O29S2. The predicted octanol–water partition coefficient (Wildman–Crippen LogP) is 2.02. The summed E-state index contributed by atoms with van der Waals surface area (Å²) in [4.78, 5) is 184. The molecule has 1 heterocycles. The van der Waals surface area contributed by atoms with Gasteiger partial charge in [-0.15, -0.1) is 0 Å². The lowest BCUT2D eigenvalue weighted by molar-refractivity contribution is -0.144. The van der Waals surface area contributed by atoms with E-state index in [1.54, 1.807) is 12.1 Å². The molecule has 640 valence electrons. The number of carboxylic acid groups (broad SMARTS) is 5. The summed E-state index contributed by atoms with van der Waals surface area (Å²) in [6.07, 6.45) is 11.7. The van der Waals surface area contributed by atoms with E-state index in [9.17, 15) is 97.5 Å². The lowest BCUT2D eigenvalue weighted by Gasteiger charge is -2.23. The molecule has 1 saturated heterocycles. The van der Waals surface area contributed by atoms with Crippen molar-refractivity contribution in [3.05, 3.63) is 29.8 Å². The Bertz CT molecular complexity index is 3010. The molecule has 0 aromatic heterocycles. The average Bonchev–Trinajstić information content (AvgIpc) is 0.856. The Kier molecular flexibility index (Phi) is 58.2. The van der Waals surface area contributed by atoms with Gasteiger partial charge in [-0.25, -0.2) is 14.4 Å². The Hall–Kier alpha value is -8.15. The highest BCUT2D eigenvalue weighted by Crippen LogP contribution is 2.33. The predicted molar refractivity (Wildman–Crippen MR) is 409 cm³/mol. The minimum absolute atomic E-state index is 0.0213. The quantitative estimate of drug-likeness (QED) is 0.0328. The van der Waals surface area contributed by atoms with Crippen LogP contribution >= 0.6 is 21.6 Å². The third-order valence-electron chi connectivity index (χ3n) is 17.0. The number of carbonyl (C=O) groups is 15. The Labute approximate surface area is 665 Å². The lowest BCUT2D eigenvalue weighted by atomic mass is 9.89. The molecule has 14 N–H and O–H groups in total. The lowest BCUT2D eigenvalue weighted by Crippen LogP contribution is -2.45. The summed E-state index contributed by atoms with van der Waals surface area (Å²) in [5.41, 5.74) is 0.650. The fourth-order valence-corrected chi connectivity index (χ4v) is 13.4. The van der Waals surface area contributed by atoms with Gasteiger partial charge in [-0.2, -0.15) is 0 Å². The molecule has 37 nitrogen and oxygen atoms in total. The normalized spacial score (nSPS) is 14.5. The molecular weight excluding hydrogens is 1530 g/mol. The number of carbonyl (C=O) groups excluding carboxylic acids is 10. The first-order valence-corrected chi connectivity index (χ1v) is 40.9. The molecule has 39 heteroatoms. The van der Waals surface area contributed by atoms with E-state index < -0.39 is 139 Å². The number of rotatable bonds is 71. The fraction of sp³-hybridized carbons (Fsp3) is 0.716. The van der Waals surface area contributed by atoms with Gasteiger partial charge >= 0.3 is 29.8 Å². The van der Waals surface area contributed by atoms with Crippen molar-refractivity contribution < 1.29 is 140 Å². The number of aromatic hydroxyl groups is 1. The Balaban J connectivity index is 1.41. The van der Waals surface area contributed by atoms with Gasteiger partial charge in [-0.3, -0.25) is 57.5 Å². The number of hydrogen-bond acceptors (Lipinski definition) is 26. The second kappa shape index (κ2) is 65.2. The highest BCUT2D eigenvalue weighted by atomic mass is 33.1. The van der Waals surface area contributed by atoms with E-state index in [0.29, 0.717) is 17.7 Å². The Morgan fingerprint density at radius 3 is 1.08 bits per heavy atom. The van der Waals surface area contributed by atoms with Gasteiger partial charge in [-0.05, 0) is 56.2 Å². The number of amides is 8. The van der Waals surface area contributed by atoms with Crippen molar-refractivity contribution in [2.45, 2.75) is 185 Å². The molecule has 0 aliphatic carbocycles. The standard InChI is InChI=1S/C74H118N8O29S2/c83-55-19-17-52(18-20-55)43-59(61(85)44-53-50-112-113-51-54(71(96)97)45-60(53)84)82-69(93)49-111-42-38-107-34-30-78-68(92)48-110-41-37-106-33-29-77-67(91)47-109-40-36-105-32-28-76-66(90)46-108-39-35-104-31-27-75-62(86)24-21-56(72(98)99)80-64(88)26-23-58(74(102)103)81-65(89)25-22-57(73(100)101)79-63(87)15-13-11-9-7-5-3-1-2-4-6-8-10-12-14-16-70(94)95/h17-20,53-54,56-59,83H,1-16,21-51H2,(H,75,86)(H,76,90)(H,77,91)(H,78,92)(H,79,87)(H,80,88)(H,81,89)(H,82,93)(H,94,95)(H,96,97)(H,98,99)(H,100,101)(H,102,103)/t53-,54-,56-,57-,58-,59-/m0/s1. The van der Waals surface area contributed by atoms with Crippen molar-refractivity contribution >= 4 is 110 Å². The van der Waals surface area contributed by atoms with Crippen molar-refractivity contribution in [3.63, 3.8) is 0 Å². The average molecular weight is 1650 g/mol. The van der Waals surface area contributed by atoms with Gasteiger partial charge in [0.25, 0.3) is 0 Å². The molecule has 0 radical (unpaired) electrons. The molecule has 0 saturated carbocycles. The van der Waals surface area contributed by atoms with Crippen molar-refractivity contribution in [1.82, 2.24) is 42.5 Å². The van der Waals surface area contributed by atoms with Gasteiger partial charge in [0.2, 0.25) is 47.3 Å². The van der Waals surface area contributed by atoms with Crippen LogP contribution in [0.4, 0.5) is 0 Å². The number of nitrogens with one attached hydrogen (secondary N) is 8. The maximum atomic E-state index is 13.5. The number of phenolic OH excluding ortho intramolecular Hbond substituents is 1. The SMILES string of the molecule is O=C(O)CCCCCCCCCCCCCCCCC(=O)N[C@@H](CCC(=O)N[C@@H](CCC(=O)N[C@@H](CCC(=O)NCCOCCOCC(=O)NCCOCCOCC(=O)NCCOCCOCC(=O)NCCOCCOCC(=O)N[C@@H](Cc1ccc(O)cc1)C(=O)C[C@H]1CSSC[C@@H](C(=O)O)CC1=O)C(=O)O)C(=O)O)C(=O)O. The first kappa shape index (κ1) is 101. The van der Waals surface area contributed by atoms with E-state index in [4.69, 9.17) is 43.0 Å². The Morgan fingerprint density at radius 1 is 0.372 bits per heavy atom. The van der Waals surface area contributed by atoms with Crippen LogP contribution in [0.5, 0.6) is 5.75 Å². The largest absolute Gasteiger partial charge is 0.508 e. The molecule has 0 unspecified atom stereocenters. The molecule has 2 rings (SSSR count). The monoisotopic (exact) mass is 1650 g/mol. The molecule has 1 aliphatic heterocycles. The number of aliphatic carboxylic acids is 5. The topological polar surface area (TPSA) is 548 Å². The van der Waals surface area contributed by atoms with E-state index in [1.165, 1.54) is 46.6 Å². The molecule has 8 amide bonds. The molecule has 1 fully saturated rings. The second-order valence-corrected chi connectivity index (χ2v) is 29.1. The van der Waals surface area contributed by atoms with Crippen molar-refractivity contribution in [2.24, 2.45) is 11.8 Å². The number of ether oxygens (including phenoxy) is 8. The van der Waals surface area contributed by atoms with Crippen LogP contribution in [-0.4, -0.2) is 287 Å². The molecule has 0 bridgehead atoms. The minimum atomic E-state index is -1.59. The molecule has 0 spiro atoms. The maximum Gasteiger partial charge on any atom is 0.326 e. The summed E-state index contributed by atoms with van der Waals surface area (Å²) in [5.74, 6) is -12.3. The third-order valence-corrected chi connectivity index (χ3v) is 19.6. The van der Waals surface area contributed by atoms with Gasteiger partial charge < -0.3 is 111 Å². The van der Waals surface area contributed by atoms with Crippen molar-refractivity contribution in [2.75, 3.05) is 143 Å². The number of unbranched alkanes of at least 4 members (excludes halogenated alkanes) is 13. The summed E-state index contributed by atoms with van der Waals surface area (Å²) in [7, 11) is 2.67. The summed E-state index contributed by atoms with van der Waals surface area (Å²) >= 11 is 0. The number of hydrogen-bond donors (Lipinski definition) is 14. The van der Waals surface area contributed by atoms with E-state index in [0.717, 1.165) is 70.6 Å². The van der Waals surface area contributed by atoms with Gasteiger partial charge in [0.05, 0.1) is 91.2 Å². The van der Waals surface area contributed by atoms with Crippen LogP contribution in [0.3, 0.4) is 0 Å². The van der Waals surface area contributed by atoms with Crippen molar-refractivity contribution in [1.29, 1.82) is 0 Å². The molecule has 113 heavy (non-hydrogen) atoms. The summed E-state index contributed by atoms with van der Waals surface area (Å²) in [6, 6.07) is 0.590. The minimum Gasteiger partial charge on any atom is -0.508 e. The number of benzene rings is 1. The smallest absolute Gasteiger partial charge is 0.326 e. The molecule has 6 atom stereocenters. The highest BCUT2D eigenvalue weighted by Gasteiger charge is 2.33. The zero-order chi connectivity index (χ0) is 83.1. The fourth-order valence-electron chi connectivity index (χ4n) is 10.8. The summed E-state index contributed by atoms with van der Waals surface area (Å²) in [6.45, 7) is 0.718. The number of phenols is 1. The maximum absolute atomic E-state index is 13.5. The van der Waals surface area contributed by atoms with Crippen LogP contribution in [0.25, 0.3) is 0 Å². The van der Waals surface area contributed by atoms with Gasteiger partial charge in [0.15, 0.2) is 5.78 Å². The van der Waals surface area contributed by atoms with Crippen LogP contribution in [0.15, 0.2) is 24.3 Å². The molecule has 1 aromatic carbocycles.